The highest BCUT2D eigenvalue weighted by molar-refractivity contribution is 7.99. The molecule has 0 saturated heterocycles. The summed E-state index contributed by atoms with van der Waals surface area (Å²) in [4.78, 5) is 11.8. The SMILES string of the molecule is CC[C@@H](c1nnc(SCC(N)=O)o1)[NH+](C)C. The smallest absolute Gasteiger partial charge is 0.277 e. The van der Waals surface area contributed by atoms with Crippen LogP contribution in [0.3, 0.4) is 0 Å². The highest BCUT2D eigenvalue weighted by atomic mass is 32.2. The second kappa shape index (κ2) is 5.86. The zero-order valence-corrected chi connectivity index (χ0v) is 10.5. The number of hydrogen-bond acceptors (Lipinski definition) is 5. The molecule has 6 nitrogen and oxygen atoms in total. The van der Waals surface area contributed by atoms with E-state index in [2.05, 4.69) is 17.1 Å². The molecule has 1 atom stereocenters. The summed E-state index contributed by atoms with van der Waals surface area (Å²) in [5.41, 5.74) is 5.03. The number of thioether (sulfide) groups is 1. The fraction of sp³-hybridized carbons (Fsp3) is 0.667. The van der Waals surface area contributed by atoms with Crippen LogP contribution in [0.1, 0.15) is 25.3 Å². The standard InChI is InChI=1S/C9H16N4O2S/c1-4-6(13(2)3)8-11-12-9(15-8)16-5-7(10)14/h6H,4-5H2,1-3H3,(H2,10,14)/p+1/t6-/m0/s1. The maximum absolute atomic E-state index is 10.6. The van der Waals surface area contributed by atoms with Gasteiger partial charge in [-0.25, -0.2) is 0 Å². The monoisotopic (exact) mass is 245 g/mol. The zero-order valence-electron chi connectivity index (χ0n) is 9.69. The summed E-state index contributed by atoms with van der Waals surface area (Å²) < 4.78 is 5.46. The van der Waals surface area contributed by atoms with Crippen molar-refractivity contribution in [2.45, 2.75) is 24.6 Å². The van der Waals surface area contributed by atoms with Crippen LogP contribution in [0.2, 0.25) is 0 Å². The molecule has 0 aliphatic heterocycles. The third-order valence-corrected chi connectivity index (χ3v) is 3.00. The van der Waals surface area contributed by atoms with Gasteiger partial charge in [0.05, 0.1) is 19.8 Å². The molecule has 0 fully saturated rings. The molecule has 0 spiro atoms. The van der Waals surface area contributed by atoms with E-state index in [0.29, 0.717) is 11.1 Å². The summed E-state index contributed by atoms with van der Waals surface area (Å²) in [5.74, 6) is 0.372. The maximum Gasteiger partial charge on any atom is 0.277 e. The van der Waals surface area contributed by atoms with Crippen LogP contribution < -0.4 is 10.6 Å². The topological polar surface area (TPSA) is 86.5 Å². The molecule has 3 N–H and O–H groups in total. The number of amides is 1. The third-order valence-electron chi connectivity index (χ3n) is 2.16. The van der Waals surface area contributed by atoms with E-state index in [9.17, 15) is 4.79 Å². The van der Waals surface area contributed by atoms with Crippen molar-refractivity contribution in [3.8, 4) is 0 Å². The van der Waals surface area contributed by atoms with Gasteiger partial charge in [-0.05, 0) is 0 Å². The first kappa shape index (κ1) is 13.0. The Bertz CT molecular complexity index is 353. The largest absolute Gasteiger partial charge is 0.410 e. The molecule has 7 heteroatoms. The normalized spacial score (nSPS) is 13.0. The predicted octanol–water partition coefficient (Wildman–Crippen LogP) is -0.757. The Morgan fingerprint density at radius 3 is 2.75 bits per heavy atom. The van der Waals surface area contributed by atoms with Crippen LogP contribution in [-0.2, 0) is 4.79 Å². The predicted molar refractivity (Wildman–Crippen MR) is 60.1 cm³/mol. The van der Waals surface area contributed by atoms with Crippen LogP contribution >= 0.6 is 11.8 Å². The van der Waals surface area contributed by atoms with Crippen molar-refractivity contribution in [1.29, 1.82) is 0 Å². The molecule has 1 aromatic heterocycles. The van der Waals surface area contributed by atoms with Crippen LogP contribution in [0.15, 0.2) is 9.64 Å². The minimum Gasteiger partial charge on any atom is -0.410 e. The number of nitrogens with zero attached hydrogens (tertiary/aromatic N) is 2. The fourth-order valence-corrected chi connectivity index (χ4v) is 1.89. The van der Waals surface area contributed by atoms with Crippen molar-refractivity contribution in [3.63, 3.8) is 0 Å². The Hall–Kier alpha value is -1.08. The Morgan fingerprint density at radius 2 is 2.25 bits per heavy atom. The van der Waals surface area contributed by atoms with Gasteiger partial charge < -0.3 is 15.1 Å². The molecule has 0 radical (unpaired) electrons. The lowest BCUT2D eigenvalue weighted by atomic mass is 10.2. The molecular weight excluding hydrogens is 228 g/mol. The number of nitrogens with one attached hydrogen (secondary N) is 1. The van der Waals surface area contributed by atoms with Gasteiger partial charge in [-0.1, -0.05) is 18.7 Å². The van der Waals surface area contributed by atoms with Gasteiger partial charge >= 0.3 is 0 Å². The number of nitrogens with two attached hydrogens (primary N) is 1. The van der Waals surface area contributed by atoms with Crippen molar-refractivity contribution >= 4 is 17.7 Å². The van der Waals surface area contributed by atoms with Crippen molar-refractivity contribution in [3.05, 3.63) is 5.89 Å². The minimum absolute atomic E-state index is 0.160. The average molecular weight is 245 g/mol. The number of primary amides is 1. The van der Waals surface area contributed by atoms with E-state index >= 15 is 0 Å². The molecule has 0 aliphatic carbocycles. The molecule has 1 aromatic rings. The summed E-state index contributed by atoms with van der Waals surface area (Å²) in [6.45, 7) is 2.07. The molecule has 90 valence electrons. The quantitative estimate of drug-likeness (QED) is 0.644. The number of carbonyl (C=O) groups excluding carboxylic acids is 1. The third kappa shape index (κ3) is 3.49. The summed E-state index contributed by atoms with van der Waals surface area (Å²) >= 11 is 1.16. The Kier molecular flexibility index (Phi) is 4.75. The van der Waals surface area contributed by atoms with E-state index in [1.54, 1.807) is 0 Å². The molecule has 1 amide bonds. The van der Waals surface area contributed by atoms with Gasteiger partial charge in [0.1, 0.15) is 0 Å². The van der Waals surface area contributed by atoms with Crippen molar-refractivity contribution in [2.75, 3.05) is 19.8 Å². The number of carbonyl (C=O) groups is 1. The highest BCUT2D eigenvalue weighted by Gasteiger charge is 2.22. The zero-order chi connectivity index (χ0) is 12.1. The molecule has 0 aromatic carbocycles. The molecular formula is C9H17N4O2S+. The van der Waals surface area contributed by atoms with E-state index in [-0.39, 0.29) is 11.8 Å². The van der Waals surface area contributed by atoms with E-state index in [0.717, 1.165) is 18.2 Å². The maximum atomic E-state index is 10.6. The van der Waals surface area contributed by atoms with Crippen LogP contribution in [0.25, 0.3) is 0 Å². The number of aromatic nitrogens is 2. The van der Waals surface area contributed by atoms with Crippen LogP contribution in [0, 0.1) is 0 Å². The first-order valence-corrected chi connectivity index (χ1v) is 6.07. The number of quaternary nitrogens is 1. The van der Waals surface area contributed by atoms with Gasteiger partial charge in [0.25, 0.3) is 11.1 Å². The van der Waals surface area contributed by atoms with Crippen molar-refractivity contribution in [1.82, 2.24) is 10.2 Å². The molecule has 16 heavy (non-hydrogen) atoms. The average Bonchev–Trinajstić information content (AvgIpc) is 2.64. The minimum atomic E-state index is -0.393. The Morgan fingerprint density at radius 1 is 1.56 bits per heavy atom. The first-order valence-electron chi connectivity index (χ1n) is 5.09. The number of hydrogen-bond donors (Lipinski definition) is 2. The van der Waals surface area contributed by atoms with Crippen LogP contribution in [-0.4, -0.2) is 36.0 Å². The molecule has 0 unspecified atom stereocenters. The van der Waals surface area contributed by atoms with Gasteiger partial charge in [-0.3, -0.25) is 4.79 Å². The van der Waals surface area contributed by atoms with Gasteiger partial charge in [-0.2, -0.15) is 0 Å². The highest BCUT2D eigenvalue weighted by Crippen LogP contribution is 2.19. The molecule has 0 aliphatic rings. The van der Waals surface area contributed by atoms with Crippen molar-refractivity contribution < 1.29 is 14.1 Å². The fourth-order valence-electron chi connectivity index (χ4n) is 1.38. The molecule has 0 saturated carbocycles. The first-order chi connectivity index (χ1) is 7.54. The van der Waals surface area contributed by atoms with E-state index < -0.39 is 5.91 Å². The lowest BCUT2D eigenvalue weighted by Crippen LogP contribution is -3.06. The Balaban J connectivity index is 2.66. The summed E-state index contributed by atoms with van der Waals surface area (Å²) in [6, 6.07) is 0.190. The van der Waals surface area contributed by atoms with Gasteiger partial charge in [0, 0.05) is 6.42 Å². The van der Waals surface area contributed by atoms with Gasteiger partial charge in [0.2, 0.25) is 5.91 Å². The summed E-state index contributed by atoms with van der Waals surface area (Å²) in [5, 5.41) is 8.24. The number of rotatable bonds is 6. The second-order valence-corrected chi connectivity index (χ2v) is 4.63. The van der Waals surface area contributed by atoms with E-state index in [1.165, 1.54) is 4.90 Å². The summed E-state index contributed by atoms with van der Waals surface area (Å²) in [7, 11) is 4.07. The lowest BCUT2D eigenvalue weighted by molar-refractivity contribution is -0.894. The van der Waals surface area contributed by atoms with Gasteiger partial charge in [0.15, 0.2) is 6.04 Å². The lowest BCUT2D eigenvalue weighted by Gasteiger charge is -2.15. The molecule has 1 rings (SSSR count). The Labute approximate surface area is 98.6 Å². The van der Waals surface area contributed by atoms with Crippen molar-refractivity contribution in [2.24, 2.45) is 5.73 Å². The molecule has 0 bridgehead atoms. The van der Waals surface area contributed by atoms with E-state index in [4.69, 9.17) is 10.2 Å². The van der Waals surface area contributed by atoms with Crippen LogP contribution in [0.5, 0.6) is 0 Å². The van der Waals surface area contributed by atoms with E-state index in [1.807, 2.05) is 14.1 Å². The molecule has 1 heterocycles. The second-order valence-electron chi connectivity index (χ2n) is 3.70. The van der Waals surface area contributed by atoms with Gasteiger partial charge in [-0.15, -0.1) is 10.2 Å². The van der Waals surface area contributed by atoms with Crippen LogP contribution in [0.4, 0.5) is 0 Å². The summed E-state index contributed by atoms with van der Waals surface area (Å²) in [6.07, 6.45) is 0.921.